The third-order valence-electron chi connectivity index (χ3n) is 4.71. The Kier molecular flexibility index (Phi) is 15.3. The van der Waals surface area contributed by atoms with Crippen LogP contribution in [0.4, 0.5) is 0 Å². The summed E-state index contributed by atoms with van der Waals surface area (Å²) in [6.45, 7) is 8.78. The monoisotopic (exact) mass is 468 g/mol. The number of benzene rings is 1. The molecule has 1 aromatic carbocycles. The molecular formula is C26H44O5S. The highest BCUT2D eigenvalue weighted by Crippen LogP contribution is 2.19. The average Bonchev–Trinajstić information content (AvgIpc) is 2.74. The average molecular weight is 469 g/mol. The molecule has 1 unspecified atom stereocenters. The number of hydrogen-bond donors (Lipinski definition) is 1. The highest BCUT2D eigenvalue weighted by atomic mass is 32.2. The van der Waals surface area contributed by atoms with Gasteiger partial charge in [-0.1, -0.05) is 51.9 Å². The maximum absolute atomic E-state index is 11.7. The van der Waals surface area contributed by atoms with Crippen molar-refractivity contribution in [2.45, 2.75) is 97.2 Å². The van der Waals surface area contributed by atoms with Crippen LogP contribution in [-0.2, 0) is 9.53 Å². The quantitative estimate of drug-likeness (QED) is 0.198. The molecule has 0 spiro atoms. The molecule has 0 heterocycles. The lowest BCUT2D eigenvalue weighted by Gasteiger charge is -2.19. The smallest absolute Gasteiger partial charge is 0.307 e. The minimum Gasteiger partial charge on any atom is -0.494 e. The summed E-state index contributed by atoms with van der Waals surface area (Å²) >= 11 is 1.52. The van der Waals surface area contributed by atoms with Crippen LogP contribution in [0.3, 0.4) is 0 Å². The maximum Gasteiger partial charge on any atom is 0.307 e. The number of carbonyl (C=O) groups excluding carboxylic acids is 1. The fourth-order valence-electron chi connectivity index (χ4n) is 3.07. The molecule has 1 N–H and O–H groups in total. The van der Waals surface area contributed by atoms with Crippen LogP contribution in [0.2, 0.25) is 0 Å². The molecule has 0 fully saturated rings. The van der Waals surface area contributed by atoms with E-state index in [-0.39, 0.29) is 12.6 Å². The van der Waals surface area contributed by atoms with E-state index in [1.165, 1.54) is 56.7 Å². The fourth-order valence-corrected chi connectivity index (χ4v) is 3.91. The molecule has 1 rings (SSSR count). The Bertz CT molecular complexity index is 597. The number of hydrogen-bond acceptors (Lipinski definition) is 6. The van der Waals surface area contributed by atoms with Crippen LogP contribution in [0.15, 0.2) is 24.3 Å². The van der Waals surface area contributed by atoms with Gasteiger partial charge in [0.05, 0.1) is 19.1 Å². The third-order valence-corrected chi connectivity index (χ3v) is 5.83. The summed E-state index contributed by atoms with van der Waals surface area (Å²) in [6.07, 6.45) is 10.1. The molecule has 0 saturated heterocycles. The van der Waals surface area contributed by atoms with E-state index in [1.54, 1.807) is 0 Å². The maximum atomic E-state index is 11.7. The molecule has 0 amide bonds. The summed E-state index contributed by atoms with van der Waals surface area (Å²) in [5.41, 5.74) is -0.455. The van der Waals surface area contributed by atoms with Gasteiger partial charge in [0.25, 0.3) is 0 Å². The zero-order valence-corrected chi connectivity index (χ0v) is 21.4. The molecular weight excluding hydrogens is 424 g/mol. The van der Waals surface area contributed by atoms with Gasteiger partial charge in [0.2, 0.25) is 0 Å². The van der Waals surface area contributed by atoms with E-state index in [9.17, 15) is 9.90 Å². The van der Waals surface area contributed by atoms with Crippen molar-refractivity contribution in [3.05, 3.63) is 24.3 Å². The van der Waals surface area contributed by atoms with Crippen LogP contribution in [0.5, 0.6) is 11.5 Å². The summed E-state index contributed by atoms with van der Waals surface area (Å²) in [4.78, 5) is 11.7. The summed E-state index contributed by atoms with van der Waals surface area (Å²) < 4.78 is 16.7. The molecule has 0 bridgehead atoms. The van der Waals surface area contributed by atoms with E-state index < -0.39 is 11.7 Å². The standard InChI is InChI=1S/C26H44O5S/c1-5-6-7-8-9-10-11-12-18-29-23-13-15-24(16-14-23)30-20-22(27)21-32-19-17-25(28)31-26(2,3)4/h13-16,22,27H,5-12,17-21H2,1-4H3. The topological polar surface area (TPSA) is 65.0 Å². The van der Waals surface area contributed by atoms with Crippen molar-refractivity contribution in [2.24, 2.45) is 0 Å². The van der Waals surface area contributed by atoms with Crippen molar-refractivity contribution < 1.29 is 24.1 Å². The fraction of sp³-hybridized carbons (Fsp3) is 0.731. The van der Waals surface area contributed by atoms with Gasteiger partial charge in [-0.05, 0) is 51.5 Å². The Balaban J connectivity index is 2.07. The first-order chi connectivity index (χ1) is 15.3. The molecule has 6 heteroatoms. The van der Waals surface area contributed by atoms with Crippen LogP contribution < -0.4 is 9.47 Å². The molecule has 0 aliphatic rings. The molecule has 1 atom stereocenters. The number of aliphatic hydroxyl groups is 1. The normalized spacial score (nSPS) is 12.4. The summed E-state index contributed by atoms with van der Waals surface area (Å²) in [7, 11) is 0. The lowest BCUT2D eigenvalue weighted by atomic mass is 10.1. The summed E-state index contributed by atoms with van der Waals surface area (Å²) in [5.74, 6) is 2.49. The molecule has 0 aliphatic carbocycles. The Morgan fingerprint density at radius 3 is 2.09 bits per heavy atom. The van der Waals surface area contributed by atoms with Crippen LogP contribution in [-0.4, -0.2) is 47.5 Å². The number of rotatable bonds is 18. The predicted octanol–water partition coefficient (Wildman–Crippen LogP) is 6.41. The molecule has 0 saturated carbocycles. The second kappa shape index (κ2) is 17.1. The van der Waals surface area contributed by atoms with Gasteiger partial charge in [-0.2, -0.15) is 11.8 Å². The van der Waals surface area contributed by atoms with Gasteiger partial charge < -0.3 is 19.3 Å². The van der Waals surface area contributed by atoms with E-state index in [2.05, 4.69) is 6.92 Å². The van der Waals surface area contributed by atoms with Gasteiger partial charge in [0.15, 0.2) is 0 Å². The summed E-state index contributed by atoms with van der Waals surface area (Å²) in [6, 6.07) is 7.54. The first kappa shape index (κ1) is 28.6. The number of esters is 1. The SMILES string of the molecule is CCCCCCCCCCOc1ccc(OCC(O)CSCCC(=O)OC(C)(C)C)cc1. The molecule has 1 aromatic rings. The highest BCUT2D eigenvalue weighted by Gasteiger charge is 2.16. The Hall–Kier alpha value is -1.40. The van der Waals surface area contributed by atoms with Crippen molar-refractivity contribution in [2.75, 3.05) is 24.7 Å². The Labute approximate surface area is 199 Å². The van der Waals surface area contributed by atoms with Gasteiger partial charge in [-0.3, -0.25) is 4.79 Å². The first-order valence-electron chi connectivity index (χ1n) is 12.1. The Morgan fingerprint density at radius 1 is 0.938 bits per heavy atom. The second-order valence-corrected chi connectivity index (χ2v) is 10.3. The molecule has 0 aromatic heterocycles. The van der Waals surface area contributed by atoms with Crippen molar-refractivity contribution in [3.8, 4) is 11.5 Å². The van der Waals surface area contributed by atoms with E-state index in [4.69, 9.17) is 14.2 Å². The zero-order valence-electron chi connectivity index (χ0n) is 20.6. The van der Waals surface area contributed by atoms with Crippen molar-refractivity contribution in [3.63, 3.8) is 0 Å². The zero-order chi connectivity index (χ0) is 23.7. The minimum absolute atomic E-state index is 0.208. The number of aliphatic hydroxyl groups excluding tert-OH is 1. The first-order valence-corrected chi connectivity index (χ1v) is 13.3. The Morgan fingerprint density at radius 2 is 1.50 bits per heavy atom. The molecule has 32 heavy (non-hydrogen) atoms. The lowest BCUT2D eigenvalue weighted by molar-refractivity contribution is -0.154. The summed E-state index contributed by atoms with van der Waals surface area (Å²) in [5, 5.41) is 10.1. The highest BCUT2D eigenvalue weighted by molar-refractivity contribution is 7.99. The van der Waals surface area contributed by atoms with Gasteiger partial charge >= 0.3 is 5.97 Å². The van der Waals surface area contributed by atoms with Crippen LogP contribution in [0, 0.1) is 0 Å². The lowest BCUT2D eigenvalue weighted by Crippen LogP contribution is -2.24. The van der Waals surface area contributed by atoms with Crippen LogP contribution >= 0.6 is 11.8 Å². The number of carbonyl (C=O) groups is 1. The van der Waals surface area contributed by atoms with Crippen molar-refractivity contribution in [1.82, 2.24) is 0 Å². The van der Waals surface area contributed by atoms with Gasteiger partial charge in [0.1, 0.15) is 23.7 Å². The van der Waals surface area contributed by atoms with Crippen LogP contribution in [0.25, 0.3) is 0 Å². The second-order valence-electron chi connectivity index (χ2n) is 9.17. The van der Waals surface area contributed by atoms with E-state index in [1.807, 2.05) is 45.0 Å². The van der Waals surface area contributed by atoms with Gasteiger partial charge in [-0.15, -0.1) is 0 Å². The van der Waals surface area contributed by atoms with E-state index in [0.717, 1.165) is 18.8 Å². The number of ether oxygens (including phenoxy) is 3. The molecule has 5 nitrogen and oxygen atoms in total. The van der Waals surface area contributed by atoms with Crippen molar-refractivity contribution >= 4 is 17.7 Å². The third kappa shape index (κ3) is 16.3. The predicted molar refractivity (Wildman–Crippen MR) is 134 cm³/mol. The molecule has 184 valence electrons. The number of unbranched alkanes of at least 4 members (excludes halogenated alkanes) is 7. The van der Waals surface area contributed by atoms with E-state index >= 15 is 0 Å². The largest absolute Gasteiger partial charge is 0.494 e. The molecule has 0 aliphatic heterocycles. The van der Waals surface area contributed by atoms with Gasteiger partial charge in [0, 0.05) is 11.5 Å². The van der Waals surface area contributed by atoms with Crippen molar-refractivity contribution in [1.29, 1.82) is 0 Å². The van der Waals surface area contributed by atoms with Gasteiger partial charge in [-0.25, -0.2) is 0 Å². The van der Waals surface area contributed by atoms with E-state index in [0.29, 0.717) is 23.7 Å². The number of thioether (sulfide) groups is 1. The minimum atomic E-state index is -0.587. The molecule has 0 radical (unpaired) electrons. The van der Waals surface area contributed by atoms with Crippen LogP contribution in [0.1, 0.15) is 85.5 Å².